The lowest BCUT2D eigenvalue weighted by molar-refractivity contribution is -0.129. The molecule has 0 aliphatic carbocycles. The highest BCUT2D eigenvalue weighted by molar-refractivity contribution is 5.89. The summed E-state index contributed by atoms with van der Waals surface area (Å²) in [6.07, 6.45) is 5.22. The number of nitrogens with zero attached hydrogens (tertiary/aromatic N) is 3. The van der Waals surface area contributed by atoms with E-state index in [0.717, 1.165) is 45.0 Å². The van der Waals surface area contributed by atoms with E-state index in [1.807, 2.05) is 20.0 Å². The molecule has 1 aromatic rings. The van der Waals surface area contributed by atoms with Gasteiger partial charge in [-0.25, -0.2) is 4.98 Å². The van der Waals surface area contributed by atoms with E-state index in [0.29, 0.717) is 6.42 Å². The van der Waals surface area contributed by atoms with Crippen LogP contribution in [-0.4, -0.2) is 52.0 Å². The second-order valence-corrected chi connectivity index (χ2v) is 5.93. The molecule has 1 aliphatic rings. The first-order valence-electron chi connectivity index (χ1n) is 7.54. The molecule has 1 saturated heterocycles. The molecule has 2 rings (SSSR count). The largest absolute Gasteiger partial charge is 0.335 e. The van der Waals surface area contributed by atoms with Crippen molar-refractivity contribution in [2.24, 2.45) is 0 Å². The van der Waals surface area contributed by atoms with Gasteiger partial charge >= 0.3 is 0 Å². The molecule has 0 radical (unpaired) electrons. The fourth-order valence-corrected chi connectivity index (χ4v) is 2.71. The average molecular weight is 278 g/mol. The van der Waals surface area contributed by atoms with Crippen LogP contribution in [0.4, 0.5) is 0 Å². The van der Waals surface area contributed by atoms with Crippen LogP contribution < -0.4 is 5.32 Å². The Morgan fingerprint density at radius 1 is 1.40 bits per heavy atom. The van der Waals surface area contributed by atoms with Crippen molar-refractivity contribution in [3.8, 4) is 0 Å². The second-order valence-electron chi connectivity index (χ2n) is 5.93. The summed E-state index contributed by atoms with van der Waals surface area (Å²) in [7, 11) is 0. The molecule has 0 spiro atoms. The monoisotopic (exact) mass is 278 g/mol. The fraction of sp³-hybridized carbons (Fsp3) is 0.733. The SMILES string of the molecule is CCCn1ccnc1CC(=O)C(C)(C)N1CCNCC1. The number of nitrogens with one attached hydrogen (secondary N) is 1. The molecule has 0 unspecified atom stereocenters. The zero-order chi connectivity index (χ0) is 14.6. The topological polar surface area (TPSA) is 50.2 Å². The van der Waals surface area contributed by atoms with E-state index in [1.165, 1.54) is 0 Å². The van der Waals surface area contributed by atoms with Crippen LogP contribution >= 0.6 is 0 Å². The molecular weight excluding hydrogens is 252 g/mol. The number of hydrogen-bond acceptors (Lipinski definition) is 4. The summed E-state index contributed by atoms with van der Waals surface area (Å²) in [6, 6.07) is 0. The molecule has 0 saturated carbocycles. The summed E-state index contributed by atoms with van der Waals surface area (Å²) >= 11 is 0. The summed E-state index contributed by atoms with van der Waals surface area (Å²) in [5.41, 5.74) is -0.412. The minimum atomic E-state index is -0.412. The number of aryl methyl sites for hydroxylation is 1. The summed E-state index contributed by atoms with van der Waals surface area (Å²) in [4.78, 5) is 19.3. The zero-order valence-corrected chi connectivity index (χ0v) is 12.9. The van der Waals surface area contributed by atoms with Crippen LogP contribution in [0.2, 0.25) is 0 Å². The number of aromatic nitrogens is 2. The first-order valence-corrected chi connectivity index (χ1v) is 7.54. The van der Waals surface area contributed by atoms with E-state index < -0.39 is 5.54 Å². The van der Waals surface area contributed by atoms with Gasteiger partial charge in [-0.05, 0) is 20.3 Å². The molecular formula is C15H26N4O. The molecule has 0 amide bonds. The lowest BCUT2D eigenvalue weighted by Crippen LogP contribution is -2.57. The van der Waals surface area contributed by atoms with Crippen LogP contribution in [0.5, 0.6) is 0 Å². The Bertz CT molecular complexity index is 446. The van der Waals surface area contributed by atoms with Gasteiger partial charge in [0.25, 0.3) is 0 Å². The molecule has 0 bridgehead atoms. The Hall–Kier alpha value is -1.20. The van der Waals surface area contributed by atoms with E-state index in [9.17, 15) is 4.79 Å². The minimum absolute atomic E-state index is 0.253. The van der Waals surface area contributed by atoms with Crippen molar-refractivity contribution < 1.29 is 4.79 Å². The number of piperazine rings is 1. The standard InChI is InChI=1S/C15H26N4O/c1-4-8-18-9-7-17-14(18)12-13(20)15(2,3)19-10-5-16-6-11-19/h7,9,16H,4-6,8,10-12H2,1-3H3. The number of imidazole rings is 1. The summed E-state index contributed by atoms with van der Waals surface area (Å²) in [5, 5.41) is 3.33. The van der Waals surface area contributed by atoms with Crippen LogP contribution in [0.15, 0.2) is 12.4 Å². The van der Waals surface area contributed by atoms with Gasteiger partial charge in [0.05, 0.1) is 12.0 Å². The van der Waals surface area contributed by atoms with Crippen molar-refractivity contribution in [2.45, 2.75) is 45.7 Å². The molecule has 1 fully saturated rings. The number of Topliss-reactive ketones (excluding diaryl/α,β-unsaturated/α-hetero) is 1. The molecule has 1 aromatic heterocycles. The Morgan fingerprint density at radius 2 is 2.10 bits per heavy atom. The number of carbonyl (C=O) groups is 1. The van der Waals surface area contributed by atoms with Crippen molar-refractivity contribution in [3.63, 3.8) is 0 Å². The number of carbonyl (C=O) groups excluding carboxylic acids is 1. The normalized spacial score (nSPS) is 17.4. The zero-order valence-electron chi connectivity index (χ0n) is 12.9. The van der Waals surface area contributed by atoms with Gasteiger partial charge in [0.1, 0.15) is 5.82 Å². The van der Waals surface area contributed by atoms with Crippen molar-refractivity contribution in [3.05, 3.63) is 18.2 Å². The molecule has 112 valence electrons. The highest BCUT2D eigenvalue weighted by Gasteiger charge is 2.35. The first-order chi connectivity index (χ1) is 9.55. The van der Waals surface area contributed by atoms with Crippen LogP contribution in [0, 0.1) is 0 Å². The van der Waals surface area contributed by atoms with Crippen LogP contribution in [-0.2, 0) is 17.8 Å². The van der Waals surface area contributed by atoms with Gasteiger partial charge in [0, 0.05) is 45.1 Å². The van der Waals surface area contributed by atoms with Crippen molar-refractivity contribution >= 4 is 5.78 Å². The second kappa shape index (κ2) is 6.50. The van der Waals surface area contributed by atoms with Gasteiger partial charge in [-0.3, -0.25) is 9.69 Å². The van der Waals surface area contributed by atoms with Gasteiger partial charge in [-0.15, -0.1) is 0 Å². The molecule has 2 heterocycles. The van der Waals surface area contributed by atoms with E-state index >= 15 is 0 Å². The highest BCUT2D eigenvalue weighted by Crippen LogP contribution is 2.18. The van der Waals surface area contributed by atoms with E-state index in [-0.39, 0.29) is 5.78 Å². The maximum atomic E-state index is 12.7. The molecule has 20 heavy (non-hydrogen) atoms. The van der Waals surface area contributed by atoms with Crippen molar-refractivity contribution in [1.82, 2.24) is 19.8 Å². The number of rotatable bonds is 6. The molecule has 1 N–H and O–H groups in total. The summed E-state index contributed by atoms with van der Waals surface area (Å²) < 4.78 is 2.09. The van der Waals surface area contributed by atoms with Crippen molar-refractivity contribution in [2.75, 3.05) is 26.2 Å². The lowest BCUT2D eigenvalue weighted by Gasteiger charge is -2.40. The van der Waals surface area contributed by atoms with Gasteiger partial charge in [-0.1, -0.05) is 6.92 Å². The quantitative estimate of drug-likeness (QED) is 0.846. The predicted molar refractivity (Wildman–Crippen MR) is 79.8 cm³/mol. The summed E-state index contributed by atoms with van der Waals surface area (Å²) in [6.45, 7) is 10.9. The lowest BCUT2D eigenvalue weighted by atomic mass is 9.93. The van der Waals surface area contributed by atoms with E-state index in [1.54, 1.807) is 6.20 Å². The fourth-order valence-electron chi connectivity index (χ4n) is 2.71. The van der Waals surface area contributed by atoms with Crippen LogP contribution in [0.1, 0.15) is 33.0 Å². The molecule has 0 atom stereocenters. The van der Waals surface area contributed by atoms with Gasteiger partial charge in [0.15, 0.2) is 5.78 Å². The van der Waals surface area contributed by atoms with E-state index in [4.69, 9.17) is 0 Å². The van der Waals surface area contributed by atoms with Crippen LogP contribution in [0.25, 0.3) is 0 Å². The Balaban J connectivity index is 2.04. The Labute approximate surface area is 121 Å². The third-order valence-electron chi connectivity index (χ3n) is 4.17. The van der Waals surface area contributed by atoms with Crippen molar-refractivity contribution in [1.29, 1.82) is 0 Å². The van der Waals surface area contributed by atoms with Crippen LogP contribution in [0.3, 0.4) is 0 Å². The Morgan fingerprint density at radius 3 is 2.75 bits per heavy atom. The Kier molecular flexibility index (Phi) is 4.94. The maximum absolute atomic E-state index is 12.7. The summed E-state index contributed by atoms with van der Waals surface area (Å²) in [5.74, 6) is 1.14. The van der Waals surface area contributed by atoms with Gasteiger partial charge in [-0.2, -0.15) is 0 Å². The predicted octanol–water partition coefficient (Wildman–Crippen LogP) is 1.09. The molecule has 0 aromatic carbocycles. The smallest absolute Gasteiger partial charge is 0.160 e. The number of ketones is 1. The number of hydrogen-bond donors (Lipinski definition) is 1. The molecule has 5 heteroatoms. The third kappa shape index (κ3) is 3.27. The average Bonchev–Trinajstić information content (AvgIpc) is 2.87. The van der Waals surface area contributed by atoms with Gasteiger partial charge < -0.3 is 9.88 Å². The molecule has 5 nitrogen and oxygen atoms in total. The molecule has 1 aliphatic heterocycles. The third-order valence-corrected chi connectivity index (χ3v) is 4.17. The van der Waals surface area contributed by atoms with E-state index in [2.05, 4.69) is 26.7 Å². The highest BCUT2D eigenvalue weighted by atomic mass is 16.1. The maximum Gasteiger partial charge on any atom is 0.160 e. The van der Waals surface area contributed by atoms with Gasteiger partial charge in [0.2, 0.25) is 0 Å². The minimum Gasteiger partial charge on any atom is -0.335 e. The first kappa shape index (κ1) is 15.2.